The molecule has 1 radical (unpaired) electrons. The average molecular weight is 558 g/mol. The maximum Gasteiger partial charge on any atom is 0.197 e. The van der Waals surface area contributed by atoms with Gasteiger partial charge >= 0.3 is 0 Å². The molecule has 6 rings (SSSR count). The van der Waals surface area contributed by atoms with E-state index in [1.807, 2.05) is 0 Å². The van der Waals surface area contributed by atoms with Gasteiger partial charge < -0.3 is 0 Å². The van der Waals surface area contributed by atoms with Gasteiger partial charge in [0.25, 0.3) is 0 Å². The Morgan fingerprint density at radius 1 is 0.524 bits per heavy atom. The van der Waals surface area contributed by atoms with Gasteiger partial charge in [-0.25, -0.2) is 0 Å². The molecule has 0 fully saturated rings. The first kappa shape index (κ1) is 27.7. The van der Waals surface area contributed by atoms with E-state index in [9.17, 15) is 0 Å². The largest absolute Gasteiger partial charge is 0.298 e. The smallest absolute Gasteiger partial charge is 0.197 e. The predicted molar refractivity (Wildman–Crippen MR) is 174 cm³/mol. The van der Waals surface area contributed by atoms with E-state index in [1.54, 1.807) is 0 Å². The molecule has 0 aromatic heterocycles. The minimum Gasteiger partial charge on any atom is -0.298 e. The molecule has 3 aromatic rings. The predicted octanol–water partition coefficient (Wildman–Crippen LogP) is 6.79. The van der Waals surface area contributed by atoms with E-state index in [0.29, 0.717) is 13.1 Å². The van der Waals surface area contributed by atoms with Gasteiger partial charge in [0.15, 0.2) is 5.84 Å². The van der Waals surface area contributed by atoms with E-state index in [2.05, 4.69) is 132 Å². The normalized spacial score (nSPS) is 16.4. The van der Waals surface area contributed by atoms with Crippen LogP contribution in [0, 0.1) is 62.3 Å². The lowest BCUT2D eigenvalue weighted by Gasteiger charge is -2.29. The molecule has 2 N–H and O–H groups in total. The van der Waals surface area contributed by atoms with Gasteiger partial charge in [-0.2, -0.15) is 0 Å². The molecule has 0 saturated carbocycles. The highest BCUT2D eigenvalue weighted by Gasteiger charge is 2.36. The second-order valence-electron chi connectivity index (χ2n) is 12.2. The van der Waals surface area contributed by atoms with Crippen LogP contribution in [0.2, 0.25) is 0 Å². The van der Waals surface area contributed by atoms with Crippen LogP contribution in [0.3, 0.4) is 0 Å². The second kappa shape index (κ2) is 10.4. The number of nitrogens with zero attached hydrogens (tertiary/aromatic N) is 4. The lowest BCUT2D eigenvalue weighted by molar-refractivity contribution is 0.347. The van der Waals surface area contributed by atoms with Gasteiger partial charge in [0.05, 0.1) is 24.5 Å². The number of benzene rings is 3. The van der Waals surface area contributed by atoms with E-state index in [4.69, 9.17) is 10.5 Å². The molecule has 0 aliphatic carbocycles. The Labute approximate surface area is 250 Å². The number of hydrogen-bond donors (Lipinski definition) is 2. The van der Waals surface area contributed by atoms with E-state index in [-0.39, 0.29) is 0 Å². The van der Waals surface area contributed by atoms with Crippen LogP contribution < -0.4 is 16.3 Å². The maximum absolute atomic E-state index is 4.86. The summed E-state index contributed by atoms with van der Waals surface area (Å²) in [5.41, 5.74) is 31.4. The van der Waals surface area contributed by atoms with Gasteiger partial charge in [-0.1, -0.05) is 53.1 Å². The van der Waals surface area contributed by atoms with Crippen LogP contribution in [0.1, 0.15) is 66.8 Å². The molecule has 3 heterocycles. The molecule has 0 amide bonds. The van der Waals surface area contributed by atoms with Crippen molar-refractivity contribution >= 4 is 22.9 Å². The summed E-state index contributed by atoms with van der Waals surface area (Å²) in [6, 6.07) is 13.5. The van der Waals surface area contributed by atoms with Gasteiger partial charge in [0.1, 0.15) is 11.4 Å². The van der Waals surface area contributed by atoms with Crippen molar-refractivity contribution in [2.45, 2.75) is 62.3 Å². The van der Waals surface area contributed by atoms with Gasteiger partial charge in [-0.05, 0) is 108 Å². The minimum absolute atomic E-state index is 0.698. The quantitative estimate of drug-likeness (QED) is 0.371. The third kappa shape index (κ3) is 4.75. The Hall–Kier alpha value is -4.45. The summed E-state index contributed by atoms with van der Waals surface area (Å²) in [5, 5.41) is 9.16. The number of rotatable bonds is 4. The Morgan fingerprint density at radius 2 is 0.905 bits per heavy atom. The monoisotopic (exact) mass is 557 g/mol. The number of hydrogen-bond acceptors (Lipinski definition) is 5. The van der Waals surface area contributed by atoms with Gasteiger partial charge in [0.2, 0.25) is 0 Å². The molecule has 3 aliphatic rings. The van der Waals surface area contributed by atoms with E-state index >= 15 is 0 Å². The van der Waals surface area contributed by atoms with E-state index in [0.717, 1.165) is 34.2 Å². The van der Waals surface area contributed by atoms with E-state index in [1.165, 1.54) is 61.2 Å². The van der Waals surface area contributed by atoms with Crippen LogP contribution in [0.15, 0.2) is 59.3 Å². The van der Waals surface area contributed by atoms with Crippen LogP contribution in [0.25, 0.3) is 17.1 Å². The summed E-state index contributed by atoms with van der Waals surface area (Å²) in [4.78, 5) is 0. The first-order chi connectivity index (χ1) is 20.0. The highest BCUT2D eigenvalue weighted by atomic mass is 15.6. The third-order valence-corrected chi connectivity index (χ3v) is 8.48. The molecule has 3 aromatic carbocycles. The fraction of sp³-hybridized carbons (Fsp3) is 0.306. The van der Waals surface area contributed by atoms with Crippen molar-refractivity contribution in [1.29, 1.82) is 0 Å². The topological polar surface area (TPSA) is 57.0 Å². The molecule has 6 heteroatoms. The Kier molecular flexibility index (Phi) is 6.88. The summed E-state index contributed by atoms with van der Waals surface area (Å²) < 4.78 is 0. The van der Waals surface area contributed by atoms with Crippen molar-refractivity contribution in [3.05, 3.63) is 121 Å². The number of amidine groups is 1. The van der Waals surface area contributed by atoms with Gasteiger partial charge in [-0.15, -0.1) is 10.5 Å². The first-order valence-electron chi connectivity index (χ1n) is 14.8. The maximum atomic E-state index is 4.86. The van der Waals surface area contributed by atoms with Crippen molar-refractivity contribution in [2.24, 2.45) is 5.10 Å². The van der Waals surface area contributed by atoms with Crippen molar-refractivity contribution in [1.82, 2.24) is 26.3 Å². The SMILES string of the molecule is Cc1cc(C)c(C2=CCN(C3=N[N]C(c4c(C)cc(C)cc4C)=C3N3CC=C(c4c(C)cc(C)cc4C)N3)N2)c(C)c1. The molecule has 0 bridgehead atoms. The molecule has 0 spiro atoms. The van der Waals surface area contributed by atoms with Crippen molar-refractivity contribution in [3.8, 4) is 0 Å². The summed E-state index contributed by atoms with van der Waals surface area (Å²) in [6.45, 7) is 21.0. The zero-order valence-electron chi connectivity index (χ0n) is 26.3. The lowest BCUT2D eigenvalue weighted by atomic mass is 9.96. The fourth-order valence-electron chi connectivity index (χ4n) is 7.10. The zero-order valence-corrected chi connectivity index (χ0v) is 26.3. The molecular formula is C36H41N6. The first-order valence-corrected chi connectivity index (χ1v) is 14.8. The Balaban J connectivity index is 1.38. The van der Waals surface area contributed by atoms with Crippen molar-refractivity contribution in [3.63, 3.8) is 0 Å². The van der Waals surface area contributed by atoms with Gasteiger partial charge in [0, 0.05) is 16.7 Å². The lowest BCUT2D eigenvalue weighted by Crippen LogP contribution is -2.44. The van der Waals surface area contributed by atoms with Gasteiger partial charge in [-0.3, -0.25) is 20.9 Å². The minimum atomic E-state index is 0.698. The molecule has 0 saturated heterocycles. The highest BCUT2D eigenvalue weighted by Crippen LogP contribution is 2.35. The molecule has 6 nitrogen and oxygen atoms in total. The molecule has 0 unspecified atom stereocenters. The van der Waals surface area contributed by atoms with Crippen LogP contribution in [-0.4, -0.2) is 28.9 Å². The van der Waals surface area contributed by atoms with Crippen LogP contribution in [0.4, 0.5) is 0 Å². The molecule has 42 heavy (non-hydrogen) atoms. The Bertz CT molecular complexity index is 1680. The summed E-state index contributed by atoms with van der Waals surface area (Å²) in [7, 11) is 0. The summed E-state index contributed by atoms with van der Waals surface area (Å²) >= 11 is 0. The van der Waals surface area contributed by atoms with Crippen molar-refractivity contribution in [2.75, 3.05) is 13.1 Å². The fourth-order valence-corrected chi connectivity index (χ4v) is 7.10. The number of aryl methyl sites for hydroxylation is 9. The average Bonchev–Trinajstić information content (AvgIpc) is 3.62. The molecule has 0 atom stereocenters. The van der Waals surface area contributed by atoms with Crippen molar-refractivity contribution < 1.29 is 0 Å². The summed E-state index contributed by atoms with van der Waals surface area (Å²) in [6.07, 6.45) is 4.53. The number of hydrazine groups is 2. The van der Waals surface area contributed by atoms with Crippen LogP contribution in [-0.2, 0) is 0 Å². The Morgan fingerprint density at radius 3 is 1.36 bits per heavy atom. The molecular weight excluding hydrogens is 516 g/mol. The summed E-state index contributed by atoms with van der Waals surface area (Å²) in [5.74, 6) is 0.817. The highest BCUT2D eigenvalue weighted by molar-refractivity contribution is 6.07. The molecule has 3 aliphatic heterocycles. The zero-order chi connectivity index (χ0) is 29.9. The second-order valence-corrected chi connectivity index (χ2v) is 12.2. The van der Waals surface area contributed by atoms with Crippen LogP contribution in [0.5, 0.6) is 0 Å². The molecule has 215 valence electrons. The van der Waals surface area contributed by atoms with E-state index < -0.39 is 0 Å². The van der Waals surface area contributed by atoms with Crippen LogP contribution >= 0.6 is 0 Å². The number of nitrogens with one attached hydrogen (secondary N) is 2. The third-order valence-electron chi connectivity index (χ3n) is 8.48. The standard InChI is InChI=1S/C36H41N6/c1-20-14-23(4)31(24(5)15-20)29-10-12-41(39-29)35-34(33-27(8)18-22(3)19-28(33)9)37-38-36(35)42-13-11-30(40-42)32-25(6)16-21(2)17-26(32)7/h10-11,14-19,39-40H,12-13H2,1-9H3.